The number of nitrogens with zero attached hydrogens (tertiary/aromatic N) is 3. The van der Waals surface area contributed by atoms with Crippen LogP contribution in [0.4, 0.5) is 5.82 Å². The molecule has 118 valence electrons. The molecule has 0 aliphatic rings. The summed E-state index contributed by atoms with van der Waals surface area (Å²) >= 11 is 0. The fourth-order valence-electron chi connectivity index (χ4n) is 2.09. The molecule has 0 unspecified atom stereocenters. The highest BCUT2D eigenvalue weighted by molar-refractivity contribution is 7.89. The summed E-state index contributed by atoms with van der Waals surface area (Å²) in [6, 6.07) is 8.78. The maximum absolute atomic E-state index is 12.3. The van der Waals surface area contributed by atoms with Gasteiger partial charge in [-0.05, 0) is 25.5 Å². The van der Waals surface area contributed by atoms with Crippen LogP contribution in [-0.4, -0.2) is 36.8 Å². The number of hydrogen-bond donors (Lipinski definition) is 1. The van der Waals surface area contributed by atoms with Gasteiger partial charge >= 0.3 is 0 Å². The predicted molar refractivity (Wildman–Crippen MR) is 86.1 cm³/mol. The zero-order chi connectivity index (χ0) is 16.3. The third kappa shape index (κ3) is 3.61. The highest BCUT2D eigenvalue weighted by atomic mass is 32.2. The number of nitrogens with one attached hydrogen (secondary N) is 1. The van der Waals surface area contributed by atoms with E-state index in [0.717, 1.165) is 5.69 Å². The summed E-state index contributed by atoms with van der Waals surface area (Å²) < 4.78 is 25.9. The molecule has 6 nitrogen and oxygen atoms in total. The van der Waals surface area contributed by atoms with Gasteiger partial charge in [0.2, 0.25) is 10.0 Å². The van der Waals surface area contributed by atoms with Crippen LogP contribution in [0.5, 0.6) is 0 Å². The molecule has 0 aliphatic carbocycles. The van der Waals surface area contributed by atoms with Crippen molar-refractivity contribution in [2.75, 3.05) is 19.4 Å². The molecule has 0 bridgehead atoms. The molecule has 0 fully saturated rings. The van der Waals surface area contributed by atoms with Crippen molar-refractivity contribution in [3.8, 4) is 0 Å². The molecule has 0 radical (unpaired) electrons. The lowest BCUT2D eigenvalue weighted by molar-refractivity contribution is 0.520. The van der Waals surface area contributed by atoms with Crippen LogP contribution in [-0.2, 0) is 16.6 Å². The average molecular weight is 320 g/mol. The highest BCUT2D eigenvalue weighted by Crippen LogP contribution is 2.19. The topological polar surface area (TPSA) is 75.2 Å². The molecule has 1 N–H and O–H groups in total. The first-order valence-electron chi connectivity index (χ1n) is 6.87. The highest BCUT2D eigenvalue weighted by Gasteiger charge is 2.20. The second kappa shape index (κ2) is 6.41. The Morgan fingerprint density at radius 1 is 1.14 bits per heavy atom. The molecular formula is C15H20N4O2S. The van der Waals surface area contributed by atoms with Crippen LogP contribution in [0.15, 0.2) is 35.2 Å². The van der Waals surface area contributed by atoms with Gasteiger partial charge in [0, 0.05) is 32.4 Å². The second-order valence-electron chi connectivity index (χ2n) is 5.19. The van der Waals surface area contributed by atoms with Crippen molar-refractivity contribution in [2.24, 2.45) is 0 Å². The molecule has 0 aliphatic heterocycles. The van der Waals surface area contributed by atoms with Crippen LogP contribution in [0.1, 0.15) is 17.1 Å². The van der Waals surface area contributed by atoms with Crippen molar-refractivity contribution in [3.05, 3.63) is 47.4 Å². The minimum Gasteiger partial charge on any atom is -0.366 e. The molecule has 0 amide bonds. The first-order chi connectivity index (χ1) is 10.3. The molecule has 2 rings (SSSR count). The molecule has 0 spiro atoms. The van der Waals surface area contributed by atoms with E-state index >= 15 is 0 Å². The molecule has 22 heavy (non-hydrogen) atoms. The number of anilines is 1. The molecule has 0 saturated carbocycles. The minimum absolute atomic E-state index is 0.301. The number of benzene rings is 1. The number of aromatic nitrogens is 2. The van der Waals surface area contributed by atoms with Crippen molar-refractivity contribution in [2.45, 2.75) is 25.3 Å². The van der Waals surface area contributed by atoms with Gasteiger partial charge in [0.1, 0.15) is 11.6 Å². The third-order valence-corrected chi connectivity index (χ3v) is 5.07. The fraction of sp³-hybridized carbons (Fsp3) is 0.333. The van der Waals surface area contributed by atoms with E-state index in [-0.39, 0.29) is 0 Å². The monoisotopic (exact) mass is 320 g/mol. The van der Waals surface area contributed by atoms with Gasteiger partial charge in [0.25, 0.3) is 0 Å². The van der Waals surface area contributed by atoms with Crippen LogP contribution in [0, 0.1) is 13.8 Å². The van der Waals surface area contributed by atoms with Crippen molar-refractivity contribution in [3.63, 3.8) is 0 Å². The van der Waals surface area contributed by atoms with E-state index in [1.165, 1.54) is 18.4 Å². The van der Waals surface area contributed by atoms with E-state index in [4.69, 9.17) is 0 Å². The molecule has 1 aromatic carbocycles. The van der Waals surface area contributed by atoms with Crippen LogP contribution in [0.3, 0.4) is 0 Å². The minimum atomic E-state index is -3.47. The summed E-state index contributed by atoms with van der Waals surface area (Å²) in [5, 5.41) is 3.16. The van der Waals surface area contributed by atoms with E-state index < -0.39 is 10.0 Å². The van der Waals surface area contributed by atoms with E-state index in [0.29, 0.717) is 28.6 Å². The van der Waals surface area contributed by atoms with Gasteiger partial charge in [-0.15, -0.1) is 0 Å². The number of hydrogen-bond acceptors (Lipinski definition) is 5. The van der Waals surface area contributed by atoms with Gasteiger partial charge in [-0.2, -0.15) is 0 Å². The summed E-state index contributed by atoms with van der Waals surface area (Å²) in [6.45, 7) is 4.09. The summed E-state index contributed by atoms with van der Waals surface area (Å²) in [6.07, 6.45) is 0. The lowest BCUT2D eigenvalue weighted by Gasteiger charge is -2.15. The number of aryl methyl sites for hydroxylation is 2. The third-order valence-electron chi connectivity index (χ3n) is 3.16. The summed E-state index contributed by atoms with van der Waals surface area (Å²) in [5.74, 6) is 1.36. The lowest BCUT2D eigenvalue weighted by atomic mass is 10.2. The zero-order valence-corrected chi connectivity index (χ0v) is 14.0. The molecule has 1 heterocycles. The quantitative estimate of drug-likeness (QED) is 0.911. The van der Waals surface area contributed by atoms with Crippen molar-refractivity contribution in [1.29, 1.82) is 0 Å². The predicted octanol–water partition coefficient (Wildman–Crippen LogP) is 1.96. The Bertz CT molecular complexity index is 753. The Labute approximate surface area is 131 Å². The van der Waals surface area contributed by atoms with E-state index in [2.05, 4.69) is 15.3 Å². The molecule has 0 atom stereocenters. The normalized spacial score (nSPS) is 11.7. The zero-order valence-electron chi connectivity index (χ0n) is 13.2. The van der Waals surface area contributed by atoms with E-state index in [9.17, 15) is 8.42 Å². The summed E-state index contributed by atoms with van der Waals surface area (Å²) in [7, 11) is -0.419. The number of rotatable bonds is 5. The summed E-state index contributed by atoms with van der Waals surface area (Å²) in [5.41, 5.74) is 1.56. The Hall–Kier alpha value is -1.99. The van der Waals surface area contributed by atoms with Crippen LogP contribution in [0.25, 0.3) is 0 Å². The van der Waals surface area contributed by atoms with Gasteiger partial charge in [-0.25, -0.2) is 22.7 Å². The Balaban J connectivity index is 2.28. The van der Waals surface area contributed by atoms with Gasteiger partial charge in [-0.3, -0.25) is 0 Å². The lowest BCUT2D eigenvalue weighted by Crippen LogP contribution is -2.23. The largest absolute Gasteiger partial charge is 0.366 e. The average Bonchev–Trinajstić information content (AvgIpc) is 2.44. The van der Waals surface area contributed by atoms with Crippen molar-refractivity contribution < 1.29 is 8.42 Å². The van der Waals surface area contributed by atoms with Gasteiger partial charge in [0.15, 0.2) is 0 Å². The SMILES string of the molecule is Cc1cc(NCc2ccccc2S(=O)(=O)N(C)C)nc(C)n1. The maximum atomic E-state index is 12.3. The first-order valence-corrected chi connectivity index (χ1v) is 8.31. The van der Waals surface area contributed by atoms with Gasteiger partial charge in [-0.1, -0.05) is 18.2 Å². The van der Waals surface area contributed by atoms with Crippen molar-refractivity contribution in [1.82, 2.24) is 14.3 Å². The number of sulfonamides is 1. The maximum Gasteiger partial charge on any atom is 0.242 e. The summed E-state index contributed by atoms with van der Waals surface area (Å²) in [4.78, 5) is 8.81. The fourth-order valence-corrected chi connectivity index (χ4v) is 3.21. The molecule has 7 heteroatoms. The van der Waals surface area contributed by atoms with Crippen LogP contribution < -0.4 is 5.32 Å². The smallest absolute Gasteiger partial charge is 0.242 e. The Morgan fingerprint density at radius 3 is 2.45 bits per heavy atom. The Kier molecular flexibility index (Phi) is 4.77. The van der Waals surface area contributed by atoms with Gasteiger partial charge < -0.3 is 5.32 Å². The first kappa shape index (κ1) is 16.4. The molecule has 1 aromatic heterocycles. The standard InChI is InChI=1S/C15H20N4O2S/c1-11-9-15(18-12(2)17-11)16-10-13-7-5-6-8-14(13)22(20,21)19(3)4/h5-9H,10H2,1-4H3,(H,16,17,18). The van der Waals surface area contributed by atoms with Gasteiger partial charge in [0.05, 0.1) is 4.90 Å². The van der Waals surface area contributed by atoms with E-state index in [1.54, 1.807) is 18.2 Å². The molecular weight excluding hydrogens is 300 g/mol. The Morgan fingerprint density at radius 2 is 1.82 bits per heavy atom. The van der Waals surface area contributed by atoms with Crippen LogP contribution in [0.2, 0.25) is 0 Å². The van der Waals surface area contributed by atoms with E-state index in [1.807, 2.05) is 26.0 Å². The van der Waals surface area contributed by atoms with Crippen molar-refractivity contribution >= 4 is 15.8 Å². The second-order valence-corrected chi connectivity index (χ2v) is 7.31. The van der Waals surface area contributed by atoms with Crippen LogP contribution >= 0.6 is 0 Å². The molecule has 2 aromatic rings. The molecule has 0 saturated heterocycles.